The van der Waals surface area contributed by atoms with E-state index in [2.05, 4.69) is 10.3 Å². The van der Waals surface area contributed by atoms with Crippen molar-refractivity contribution in [3.8, 4) is 0 Å². The highest BCUT2D eigenvalue weighted by atomic mass is 16.6. The van der Waals surface area contributed by atoms with Crippen LogP contribution in [0.1, 0.15) is 46.5 Å². The van der Waals surface area contributed by atoms with Crippen molar-refractivity contribution < 1.29 is 14.3 Å². The number of esters is 1. The Balaban J connectivity index is 1.96. The zero-order valence-electron chi connectivity index (χ0n) is 15.9. The van der Waals surface area contributed by atoms with Crippen molar-refractivity contribution in [1.82, 2.24) is 10.3 Å². The van der Waals surface area contributed by atoms with Gasteiger partial charge in [-0.3, -0.25) is 14.7 Å². The Kier molecular flexibility index (Phi) is 5.61. The van der Waals surface area contributed by atoms with E-state index in [4.69, 9.17) is 4.74 Å². The molecule has 0 radical (unpaired) electrons. The maximum atomic E-state index is 13.2. The first kappa shape index (κ1) is 18.8. The van der Waals surface area contributed by atoms with E-state index in [-0.39, 0.29) is 23.7 Å². The van der Waals surface area contributed by atoms with E-state index in [9.17, 15) is 9.59 Å². The molecule has 0 aromatic carbocycles. The molecule has 1 amide bonds. The molecule has 2 heterocycles. The predicted molar refractivity (Wildman–Crippen MR) is 99.7 cm³/mol. The van der Waals surface area contributed by atoms with Crippen LogP contribution in [0.5, 0.6) is 0 Å². The molecule has 1 N–H and O–H groups in total. The molecule has 142 valence electrons. The first-order valence-corrected chi connectivity index (χ1v) is 9.53. The Morgan fingerprint density at radius 1 is 1.31 bits per heavy atom. The molecule has 2 fully saturated rings. The third-order valence-corrected chi connectivity index (χ3v) is 4.80. The van der Waals surface area contributed by atoms with Crippen LogP contribution in [0.25, 0.3) is 0 Å². The fraction of sp³-hybridized carbons (Fsp3) is 0.650. The monoisotopic (exact) mass is 359 g/mol. The topological polar surface area (TPSA) is 71.5 Å². The molecular weight excluding hydrogens is 330 g/mol. The number of pyridine rings is 1. The molecule has 6 heteroatoms. The molecule has 1 aromatic rings. The van der Waals surface area contributed by atoms with Crippen LogP contribution in [-0.2, 0) is 14.3 Å². The number of nitrogens with zero attached hydrogens (tertiary/aromatic N) is 2. The lowest BCUT2D eigenvalue weighted by Crippen LogP contribution is -2.55. The summed E-state index contributed by atoms with van der Waals surface area (Å²) in [6, 6.07) is 3.02. The lowest BCUT2D eigenvalue weighted by molar-refractivity contribution is -0.159. The highest BCUT2D eigenvalue weighted by Gasteiger charge is 2.44. The van der Waals surface area contributed by atoms with Gasteiger partial charge >= 0.3 is 5.97 Å². The Bertz CT molecular complexity index is 631. The predicted octanol–water partition coefficient (Wildman–Crippen LogP) is 2.53. The number of rotatable bonds is 5. The van der Waals surface area contributed by atoms with Gasteiger partial charge in [0, 0.05) is 24.6 Å². The van der Waals surface area contributed by atoms with Gasteiger partial charge in [-0.05, 0) is 65.1 Å². The van der Waals surface area contributed by atoms with E-state index in [0.717, 1.165) is 32.2 Å². The second kappa shape index (κ2) is 7.74. The maximum Gasteiger partial charge on any atom is 0.330 e. The van der Waals surface area contributed by atoms with Crippen LogP contribution in [0.15, 0.2) is 24.5 Å². The van der Waals surface area contributed by atoms with E-state index in [1.165, 1.54) is 0 Å². The van der Waals surface area contributed by atoms with Gasteiger partial charge in [0.25, 0.3) is 0 Å². The van der Waals surface area contributed by atoms with E-state index in [0.29, 0.717) is 12.2 Å². The molecule has 0 bridgehead atoms. The molecule has 1 aliphatic heterocycles. The molecule has 6 nitrogen and oxygen atoms in total. The fourth-order valence-electron chi connectivity index (χ4n) is 3.47. The summed E-state index contributed by atoms with van der Waals surface area (Å²) < 4.78 is 5.72. The van der Waals surface area contributed by atoms with Crippen LogP contribution in [0.3, 0.4) is 0 Å². The van der Waals surface area contributed by atoms with Gasteiger partial charge in [0.05, 0.1) is 11.9 Å². The Morgan fingerprint density at radius 2 is 2.08 bits per heavy atom. The average molecular weight is 359 g/mol. The Hall–Kier alpha value is -1.95. The fourth-order valence-corrected chi connectivity index (χ4v) is 3.47. The number of carbonyl (C=O) groups is 2. The Morgan fingerprint density at radius 3 is 2.62 bits per heavy atom. The van der Waals surface area contributed by atoms with Crippen molar-refractivity contribution >= 4 is 17.6 Å². The summed E-state index contributed by atoms with van der Waals surface area (Å²) in [6.45, 7) is 7.23. The number of ether oxygens (including phenoxy) is 1. The van der Waals surface area contributed by atoms with E-state index in [1.54, 1.807) is 23.4 Å². The Labute approximate surface area is 155 Å². The molecule has 2 aliphatic rings. The number of aromatic nitrogens is 1. The summed E-state index contributed by atoms with van der Waals surface area (Å²) in [5.41, 5.74) is 0.0755. The summed E-state index contributed by atoms with van der Waals surface area (Å²) in [5.74, 6) is -0.276. The summed E-state index contributed by atoms with van der Waals surface area (Å²) in [7, 11) is 0. The number of hydrogen-bond acceptors (Lipinski definition) is 5. The summed E-state index contributed by atoms with van der Waals surface area (Å²) in [4.78, 5) is 32.1. The molecule has 1 saturated carbocycles. The third-order valence-electron chi connectivity index (χ3n) is 4.80. The highest BCUT2D eigenvalue weighted by molar-refractivity contribution is 6.01. The molecule has 3 rings (SSSR count). The third kappa shape index (κ3) is 4.61. The molecule has 0 spiro atoms. The first-order valence-electron chi connectivity index (χ1n) is 9.53. The van der Waals surface area contributed by atoms with Crippen LogP contribution in [0.2, 0.25) is 0 Å². The van der Waals surface area contributed by atoms with Crippen molar-refractivity contribution in [3.05, 3.63) is 24.5 Å². The van der Waals surface area contributed by atoms with Crippen LogP contribution in [-0.4, -0.2) is 41.6 Å². The standard InChI is InChI=1S/C20H29N3O3/c1-20(2,3)26-19(25)17(15-6-4-10-21-12-15)23(18(24)14-8-9-14)16-7-5-11-22-13-16/h5,7,11,13-15,17,21H,4,6,8-10,12H2,1-3H3. The van der Waals surface area contributed by atoms with E-state index >= 15 is 0 Å². The SMILES string of the molecule is CC(C)(C)OC(=O)C(C1CCCNC1)N(C(=O)C1CC1)c1cccnc1. The quantitative estimate of drug-likeness (QED) is 0.818. The van der Waals surface area contributed by atoms with Crippen molar-refractivity contribution in [1.29, 1.82) is 0 Å². The van der Waals surface area contributed by atoms with Crippen molar-refractivity contribution in [2.45, 2.75) is 58.1 Å². The second-order valence-electron chi connectivity index (χ2n) is 8.28. The highest BCUT2D eigenvalue weighted by Crippen LogP contribution is 2.36. The molecule has 1 saturated heterocycles. The van der Waals surface area contributed by atoms with Gasteiger partial charge in [-0.1, -0.05) is 0 Å². The van der Waals surface area contributed by atoms with Crippen molar-refractivity contribution in [3.63, 3.8) is 0 Å². The number of hydrogen-bond donors (Lipinski definition) is 1. The summed E-state index contributed by atoms with van der Waals surface area (Å²) in [5, 5.41) is 3.36. The molecule has 26 heavy (non-hydrogen) atoms. The summed E-state index contributed by atoms with van der Waals surface area (Å²) in [6.07, 6.45) is 7.00. The molecule has 1 aromatic heterocycles. The number of carbonyl (C=O) groups excluding carboxylic acids is 2. The molecule has 1 aliphatic carbocycles. The van der Waals surface area contributed by atoms with Crippen molar-refractivity contribution in [2.75, 3.05) is 18.0 Å². The van der Waals surface area contributed by atoms with Crippen LogP contribution in [0.4, 0.5) is 5.69 Å². The lowest BCUT2D eigenvalue weighted by Gasteiger charge is -2.38. The van der Waals surface area contributed by atoms with Gasteiger partial charge in [-0.2, -0.15) is 0 Å². The second-order valence-corrected chi connectivity index (χ2v) is 8.28. The average Bonchev–Trinajstić information content (AvgIpc) is 3.44. The number of nitrogens with one attached hydrogen (secondary N) is 1. The van der Waals surface area contributed by atoms with Gasteiger partial charge in [0.15, 0.2) is 0 Å². The van der Waals surface area contributed by atoms with Gasteiger partial charge in [-0.15, -0.1) is 0 Å². The van der Waals surface area contributed by atoms with Gasteiger partial charge < -0.3 is 10.1 Å². The lowest BCUT2D eigenvalue weighted by atomic mass is 9.89. The van der Waals surface area contributed by atoms with Crippen LogP contribution >= 0.6 is 0 Å². The number of amides is 1. The minimum Gasteiger partial charge on any atom is -0.458 e. The van der Waals surface area contributed by atoms with Gasteiger partial charge in [-0.25, -0.2) is 4.79 Å². The zero-order valence-corrected chi connectivity index (χ0v) is 15.9. The number of piperidine rings is 1. The van der Waals surface area contributed by atoms with Gasteiger partial charge in [0.2, 0.25) is 5.91 Å². The zero-order chi connectivity index (χ0) is 18.7. The largest absolute Gasteiger partial charge is 0.458 e. The smallest absolute Gasteiger partial charge is 0.330 e. The van der Waals surface area contributed by atoms with E-state index < -0.39 is 11.6 Å². The maximum absolute atomic E-state index is 13.2. The van der Waals surface area contributed by atoms with Crippen LogP contribution < -0.4 is 10.2 Å². The molecule has 2 unspecified atom stereocenters. The number of anilines is 1. The summed E-state index contributed by atoms with van der Waals surface area (Å²) >= 11 is 0. The normalized spacial score (nSPS) is 21.7. The first-order chi connectivity index (χ1) is 12.4. The minimum absolute atomic E-state index is 0.0108. The van der Waals surface area contributed by atoms with Crippen LogP contribution in [0, 0.1) is 11.8 Å². The van der Waals surface area contributed by atoms with Crippen molar-refractivity contribution in [2.24, 2.45) is 11.8 Å². The minimum atomic E-state index is -0.626. The van der Waals surface area contributed by atoms with E-state index in [1.807, 2.05) is 26.8 Å². The molecular formula is C20H29N3O3. The van der Waals surface area contributed by atoms with Gasteiger partial charge in [0.1, 0.15) is 11.6 Å². The molecule has 2 atom stereocenters.